The Morgan fingerprint density at radius 2 is 2.12 bits per heavy atom. The van der Waals surface area contributed by atoms with Crippen LogP contribution in [-0.4, -0.2) is 54.1 Å². The number of carbonyl (C=O) groups is 1. The van der Waals surface area contributed by atoms with Crippen molar-refractivity contribution in [1.29, 1.82) is 0 Å². The van der Waals surface area contributed by atoms with Crippen molar-refractivity contribution in [3.8, 4) is 5.88 Å². The quantitative estimate of drug-likeness (QED) is 0.840. The Balaban J connectivity index is 1.77. The zero-order chi connectivity index (χ0) is 17.6. The molecule has 0 unspecified atom stereocenters. The Bertz CT molecular complexity index is 823. The van der Waals surface area contributed by atoms with Gasteiger partial charge in [-0.25, -0.2) is 9.97 Å². The van der Waals surface area contributed by atoms with E-state index in [0.29, 0.717) is 17.5 Å². The third-order valence-electron chi connectivity index (χ3n) is 5.24. The van der Waals surface area contributed by atoms with Gasteiger partial charge >= 0.3 is 0 Å². The number of hydrogen-bond donors (Lipinski definition) is 0. The molecular weight excluding hydrogens is 316 g/mol. The fourth-order valence-corrected chi connectivity index (χ4v) is 4.04. The van der Waals surface area contributed by atoms with Gasteiger partial charge in [0.1, 0.15) is 12.0 Å². The largest absolute Gasteiger partial charge is 0.481 e. The lowest BCUT2D eigenvalue weighted by atomic mass is 9.89. The number of aryl methyl sites for hydroxylation is 1. The molecule has 0 bridgehead atoms. The SMILES string of the molecule is COc1cc(C(=O)N2c3ccc(C)cc3[C@@H]3CN(C)CC[C@H]32)ncn1. The Kier molecular flexibility index (Phi) is 3.92. The summed E-state index contributed by atoms with van der Waals surface area (Å²) < 4.78 is 5.15. The molecule has 1 saturated heterocycles. The first-order valence-corrected chi connectivity index (χ1v) is 8.57. The van der Waals surface area contributed by atoms with E-state index in [1.165, 1.54) is 24.6 Å². The van der Waals surface area contributed by atoms with Crippen molar-refractivity contribution >= 4 is 11.6 Å². The number of methoxy groups -OCH3 is 1. The molecule has 1 fully saturated rings. The number of fused-ring (bicyclic) bond motifs is 3. The van der Waals surface area contributed by atoms with Crippen LogP contribution in [0.2, 0.25) is 0 Å². The van der Waals surface area contributed by atoms with Gasteiger partial charge in [-0.3, -0.25) is 4.79 Å². The van der Waals surface area contributed by atoms with E-state index in [1.54, 1.807) is 6.07 Å². The molecular formula is C19H22N4O2. The maximum atomic E-state index is 13.3. The van der Waals surface area contributed by atoms with Crippen LogP contribution < -0.4 is 9.64 Å². The minimum Gasteiger partial charge on any atom is -0.481 e. The van der Waals surface area contributed by atoms with Gasteiger partial charge in [0.05, 0.1) is 7.11 Å². The average molecular weight is 338 g/mol. The highest BCUT2D eigenvalue weighted by atomic mass is 16.5. The Morgan fingerprint density at radius 3 is 2.92 bits per heavy atom. The van der Waals surface area contributed by atoms with Gasteiger partial charge in [-0.1, -0.05) is 17.7 Å². The Hall–Kier alpha value is -2.47. The maximum absolute atomic E-state index is 13.3. The van der Waals surface area contributed by atoms with E-state index in [0.717, 1.165) is 25.2 Å². The normalized spacial score (nSPS) is 22.4. The highest BCUT2D eigenvalue weighted by Gasteiger charge is 2.44. The van der Waals surface area contributed by atoms with Gasteiger partial charge in [-0.15, -0.1) is 0 Å². The zero-order valence-electron chi connectivity index (χ0n) is 14.8. The Morgan fingerprint density at radius 1 is 1.28 bits per heavy atom. The second kappa shape index (κ2) is 6.11. The van der Waals surface area contributed by atoms with Crippen LogP contribution in [0.25, 0.3) is 0 Å². The molecule has 1 aromatic carbocycles. The number of hydrogen-bond acceptors (Lipinski definition) is 5. The van der Waals surface area contributed by atoms with Crippen molar-refractivity contribution in [3.63, 3.8) is 0 Å². The molecule has 2 aliphatic rings. The summed E-state index contributed by atoms with van der Waals surface area (Å²) in [4.78, 5) is 25.7. The molecule has 0 spiro atoms. The Labute approximate surface area is 147 Å². The van der Waals surface area contributed by atoms with E-state index >= 15 is 0 Å². The number of carbonyl (C=O) groups excluding carboxylic acids is 1. The highest BCUT2D eigenvalue weighted by molar-refractivity contribution is 6.07. The van der Waals surface area contributed by atoms with Crippen LogP contribution in [0.3, 0.4) is 0 Å². The number of ether oxygens (including phenoxy) is 1. The number of amides is 1. The lowest BCUT2D eigenvalue weighted by Gasteiger charge is -2.36. The minimum atomic E-state index is -0.0807. The molecule has 2 atom stereocenters. The number of nitrogens with zero attached hydrogens (tertiary/aromatic N) is 4. The molecule has 25 heavy (non-hydrogen) atoms. The number of benzene rings is 1. The third kappa shape index (κ3) is 2.66. The van der Waals surface area contributed by atoms with Crippen molar-refractivity contribution in [1.82, 2.24) is 14.9 Å². The number of rotatable bonds is 2. The summed E-state index contributed by atoms with van der Waals surface area (Å²) in [6, 6.07) is 8.15. The van der Waals surface area contributed by atoms with Gasteiger partial charge in [-0.05, 0) is 38.6 Å². The molecule has 3 heterocycles. The molecule has 0 N–H and O–H groups in total. The summed E-state index contributed by atoms with van der Waals surface area (Å²) in [5, 5.41) is 0. The van der Waals surface area contributed by atoms with Gasteiger partial charge in [0.25, 0.3) is 5.91 Å². The second-order valence-electron chi connectivity index (χ2n) is 6.91. The lowest BCUT2D eigenvalue weighted by Crippen LogP contribution is -2.47. The monoisotopic (exact) mass is 338 g/mol. The maximum Gasteiger partial charge on any atom is 0.277 e. The van der Waals surface area contributed by atoms with Crippen molar-refractivity contribution < 1.29 is 9.53 Å². The average Bonchev–Trinajstić information content (AvgIpc) is 2.94. The van der Waals surface area contributed by atoms with E-state index in [2.05, 4.69) is 47.0 Å². The molecule has 0 radical (unpaired) electrons. The van der Waals surface area contributed by atoms with Crippen LogP contribution in [0, 0.1) is 6.92 Å². The molecule has 2 aliphatic heterocycles. The first kappa shape index (κ1) is 16.0. The van der Waals surface area contributed by atoms with E-state index in [9.17, 15) is 4.79 Å². The zero-order valence-corrected chi connectivity index (χ0v) is 14.8. The molecule has 0 aliphatic carbocycles. The third-order valence-corrected chi connectivity index (χ3v) is 5.24. The smallest absolute Gasteiger partial charge is 0.277 e. The van der Waals surface area contributed by atoms with Crippen LogP contribution in [-0.2, 0) is 0 Å². The van der Waals surface area contributed by atoms with Crippen LogP contribution >= 0.6 is 0 Å². The lowest BCUT2D eigenvalue weighted by molar-refractivity contribution is 0.0959. The molecule has 6 nitrogen and oxygen atoms in total. The van der Waals surface area contributed by atoms with Gasteiger partial charge < -0.3 is 14.5 Å². The van der Waals surface area contributed by atoms with E-state index < -0.39 is 0 Å². The summed E-state index contributed by atoms with van der Waals surface area (Å²) in [5.41, 5.74) is 3.88. The fraction of sp³-hybridized carbons (Fsp3) is 0.421. The van der Waals surface area contributed by atoms with Crippen LogP contribution in [0.4, 0.5) is 5.69 Å². The standard InChI is InChI=1S/C19H22N4O2/c1-12-4-5-16-13(8-12)14-10-22(2)7-6-17(14)23(16)19(24)15-9-18(25-3)21-11-20-15/h4-5,8-9,11,14,17H,6-7,10H2,1-3H3/t14-,17+/m0/s1. The van der Waals surface area contributed by atoms with Crippen molar-refractivity contribution in [3.05, 3.63) is 47.4 Å². The fourth-order valence-electron chi connectivity index (χ4n) is 4.04. The molecule has 4 rings (SSSR count). The molecule has 1 amide bonds. The topological polar surface area (TPSA) is 58.6 Å². The number of likely N-dealkylation sites (N-methyl/N-ethyl adjacent to an activating group) is 1. The van der Waals surface area contributed by atoms with E-state index in [4.69, 9.17) is 4.74 Å². The summed E-state index contributed by atoms with van der Waals surface area (Å²) in [6.07, 6.45) is 2.34. The van der Waals surface area contributed by atoms with Gasteiger partial charge in [-0.2, -0.15) is 0 Å². The summed E-state index contributed by atoms with van der Waals surface area (Å²) in [7, 11) is 3.68. The van der Waals surface area contributed by atoms with E-state index in [1.807, 2.05) is 4.90 Å². The van der Waals surface area contributed by atoms with E-state index in [-0.39, 0.29) is 11.9 Å². The second-order valence-corrected chi connectivity index (χ2v) is 6.91. The van der Waals surface area contributed by atoms with Crippen molar-refractivity contribution in [2.75, 3.05) is 32.1 Å². The first-order valence-electron chi connectivity index (χ1n) is 8.57. The molecule has 130 valence electrons. The summed E-state index contributed by atoms with van der Waals surface area (Å²) in [5.74, 6) is 0.672. The number of anilines is 1. The van der Waals surface area contributed by atoms with Crippen LogP contribution in [0.15, 0.2) is 30.6 Å². The molecule has 0 saturated carbocycles. The predicted octanol–water partition coefficient (Wildman–Crippen LogP) is 2.24. The summed E-state index contributed by atoms with van der Waals surface area (Å²) >= 11 is 0. The molecule has 2 aromatic rings. The van der Waals surface area contributed by atoms with Crippen molar-refractivity contribution in [2.24, 2.45) is 0 Å². The minimum absolute atomic E-state index is 0.0807. The van der Waals surface area contributed by atoms with Crippen LogP contribution in [0.1, 0.15) is 34.0 Å². The predicted molar refractivity (Wildman–Crippen MR) is 95.2 cm³/mol. The summed E-state index contributed by atoms with van der Waals surface area (Å²) in [6.45, 7) is 4.06. The number of aromatic nitrogens is 2. The van der Waals surface area contributed by atoms with Gasteiger partial charge in [0.15, 0.2) is 0 Å². The molecule has 1 aromatic heterocycles. The number of likely N-dealkylation sites (tertiary alicyclic amines) is 1. The van der Waals surface area contributed by atoms with Gasteiger partial charge in [0, 0.05) is 30.3 Å². The van der Waals surface area contributed by atoms with Gasteiger partial charge in [0.2, 0.25) is 5.88 Å². The highest BCUT2D eigenvalue weighted by Crippen LogP contribution is 2.45. The molecule has 6 heteroatoms. The number of piperidine rings is 1. The first-order chi connectivity index (χ1) is 12.1. The van der Waals surface area contributed by atoms with Crippen molar-refractivity contribution in [2.45, 2.75) is 25.3 Å². The van der Waals surface area contributed by atoms with Crippen LogP contribution in [0.5, 0.6) is 5.88 Å².